The molecule has 342 valence electrons. The van der Waals surface area contributed by atoms with E-state index in [-0.39, 0.29) is 5.91 Å². The molecule has 0 saturated carbocycles. The van der Waals surface area contributed by atoms with Gasteiger partial charge >= 0.3 is 0 Å². The van der Waals surface area contributed by atoms with E-state index >= 15 is 0 Å². The number of hydrogen-bond donors (Lipinski definition) is 2. The molecule has 0 aliphatic rings. The lowest BCUT2D eigenvalue weighted by Gasteiger charge is -2.12. The summed E-state index contributed by atoms with van der Waals surface area (Å²) in [5, 5.41) is 13.2. The highest BCUT2D eigenvalue weighted by molar-refractivity contribution is 5.78. The quantitative estimate of drug-likeness (QED) is 0.0475. The summed E-state index contributed by atoms with van der Waals surface area (Å²) in [4.78, 5) is 24.4. The van der Waals surface area contributed by atoms with Crippen LogP contribution in [-0.4, -0.2) is 29.4 Å². The largest absolute Gasteiger partial charge is 0.391 e. The first-order valence-corrected chi connectivity index (χ1v) is 26.4. The van der Waals surface area contributed by atoms with Crippen LogP contribution in [0.2, 0.25) is 0 Å². The number of allylic oxidation sites excluding steroid dienone is 4. The van der Waals surface area contributed by atoms with E-state index in [9.17, 15) is 14.7 Å². The van der Waals surface area contributed by atoms with E-state index in [0.29, 0.717) is 18.7 Å². The van der Waals surface area contributed by atoms with Crippen LogP contribution in [0.4, 0.5) is 0 Å². The number of hydrogen-bond acceptors (Lipinski definition) is 3. The highest BCUT2D eigenvalue weighted by Crippen LogP contribution is 2.17. The average Bonchev–Trinajstić information content (AvgIpc) is 3.22. The molecule has 0 aliphatic heterocycles. The number of nitrogens with one attached hydrogen (secondary N) is 1. The van der Waals surface area contributed by atoms with Gasteiger partial charge in [0.15, 0.2) is 0 Å². The Morgan fingerprint density at radius 3 is 1.12 bits per heavy atom. The van der Waals surface area contributed by atoms with Crippen molar-refractivity contribution in [3.8, 4) is 0 Å². The Bertz CT molecular complexity index is 882. The molecular formula is C54H103NO3. The molecule has 0 bridgehead atoms. The fourth-order valence-electron chi connectivity index (χ4n) is 8.16. The Balaban J connectivity index is 3.32. The number of unbranched alkanes of at least 4 members (excludes halogenated alkanes) is 35. The zero-order valence-electron chi connectivity index (χ0n) is 39.5. The maximum atomic E-state index is 12.2. The average molecular weight is 814 g/mol. The zero-order chi connectivity index (χ0) is 42.1. The third-order valence-electron chi connectivity index (χ3n) is 12.2. The first-order valence-electron chi connectivity index (χ1n) is 26.4. The first kappa shape index (κ1) is 56.6. The molecular weight excluding hydrogens is 711 g/mol. The molecule has 0 aromatic rings. The second-order valence-electron chi connectivity index (χ2n) is 18.2. The second kappa shape index (κ2) is 49.9. The Morgan fingerprint density at radius 1 is 0.397 bits per heavy atom. The molecule has 2 N–H and O–H groups in total. The minimum atomic E-state index is -0.401. The number of rotatable bonds is 49. The molecule has 0 fully saturated rings. The Kier molecular flexibility index (Phi) is 48.7. The van der Waals surface area contributed by atoms with Crippen molar-refractivity contribution in [1.29, 1.82) is 0 Å². The Morgan fingerprint density at radius 2 is 0.707 bits per heavy atom. The van der Waals surface area contributed by atoms with Crippen LogP contribution < -0.4 is 5.32 Å². The first-order chi connectivity index (χ1) is 28.6. The van der Waals surface area contributed by atoms with Crippen molar-refractivity contribution in [2.75, 3.05) is 6.54 Å². The van der Waals surface area contributed by atoms with Gasteiger partial charge in [0, 0.05) is 25.8 Å². The molecule has 4 nitrogen and oxygen atoms in total. The van der Waals surface area contributed by atoms with Crippen LogP contribution in [0.5, 0.6) is 0 Å². The van der Waals surface area contributed by atoms with E-state index < -0.39 is 6.10 Å². The lowest BCUT2D eigenvalue weighted by molar-refractivity contribution is -0.121. The minimum absolute atomic E-state index is 0.102. The number of carbonyl (C=O) groups is 2. The van der Waals surface area contributed by atoms with E-state index in [2.05, 4.69) is 43.5 Å². The maximum Gasteiger partial charge on any atom is 0.220 e. The summed E-state index contributed by atoms with van der Waals surface area (Å²) in [5.74, 6) is 0.588. The van der Waals surface area contributed by atoms with E-state index in [1.54, 1.807) is 0 Å². The van der Waals surface area contributed by atoms with Crippen molar-refractivity contribution >= 4 is 11.7 Å². The van der Waals surface area contributed by atoms with Gasteiger partial charge < -0.3 is 10.4 Å². The number of aliphatic hydroxyl groups excluding tert-OH is 1. The van der Waals surface area contributed by atoms with E-state index in [1.165, 1.54) is 218 Å². The van der Waals surface area contributed by atoms with Crippen LogP contribution in [-0.2, 0) is 9.59 Å². The molecule has 0 aromatic carbocycles. The van der Waals surface area contributed by atoms with Gasteiger partial charge in [0.1, 0.15) is 5.78 Å². The smallest absolute Gasteiger partial charge is 0.220 e. The van der Waals surface area contributed by atoms with Gasteiger partial charge in [-0.1, -0.05) is 244 Å². The van der Waals surface area contributed by atoms with Gasteiger partial charge in [0.05, 0.1) is 6.10 Å². The van der Waals surface area contributed by atoms with Crippen LogP contribution in [0, 0.1) is 0 Å². The fraction of sp³-hybridized carbons (Fsp3) is 0.889. The SMILES string of the molecule is CCCCC/C=C\C/C=C\CCCCCCCC(=O)CCCCCCCCCCCCCCCC(=O)NCC(O)CCCCCCCCCCCCCCCCCC. The topological polar surface area (TPSA) is 66.4 Å². The van der Waals surface area contributed by atoms with Gasteiger partial charge in [-0.3, -0.25) is 9.59 Å². The molecule has 58 heavy (non-hydrogen) atoms. The van der Waals surface area contributed by atoms with E-state index in [1.807, 2.05) is 0 Å². The lowest BCUT2D eigenvalue weighted by atomic mass is 10.0. The van der Waals surface area contributed by atoms with Crippen molar-refractivity contribution in [3.63, 3.8) is 0 Å². The van der Waals surface area contributed by atoms with Crippen molar-refractivity contribution in [3.05, 3.63) is 24.3 Å². The standard InChI is InChI=1S/C54H103NO3/c1-3-5-7-9-11-13-15-17-19-21-24-29-33-37-41-45-49-53(57)51-55-54(58)50-46-42-38-34-30-26-22-25-28-32-36-40-44-48-52(56)47-43-39-35-31-27-23-20-18-16-14-12-10-8-6-4-2/h12,14,18,20,53,57H,3-11,13,15-17,19,21-51H2,1-2H3,(H,55,58)/b14-12-,20-18-. The molecule has 1 unspecified atom stereocenters. The summed E-state index contributed by atoms with van der Waals surface area (Å²) in [6.45, 7) is 4.95. The summed E-state index contributed by atoms with van der Waals surface area (Å²) < 4.78 is 0. The molecule has 0 radical (unpaired) electrons. The third-order valence-corrected chi connectivity index (χ3v) is 12.2. The van der Waals surface area contributed by atoms with E-state index in [4.69, 9.17) is 0 Å². The van der Waals surface area contributed by atoms with Gasteiger partial charge in [-0.2, -0.15) is 0 Å². The Hall–Kier alpha value is -1.42. The van der Waals surface area contributed by atoms with E-state index in [0.717, 1.165) is 57.8 Å². The molecule has 0 aromatic heterocycles. The second-order valence-corrected chi connectivity index (χ2v) is 18.2. The van der Waals surface area contributed by atoms with Crippen LogP contribution in [0.25, 0.3) is 0 Å². The highest BCUT2D eigenvalue weighted by Gasteiger charge is 2.07. The molecule has 1 amide bonds. The molecule has 4 heteroatoms. The molecule has 0 heterocycles. The fourth-order valence-corrected chi connectivity index (χ4v) is 8.16. The highest BCUT2D eigenvalue weighted by atomic mass is 16.3. The monoisotopic (exact) mass is 814 g/mol. The summed E-state index contributed by atoms with van der Waals surface area (Å²) in [5.41, 5.74) is 0. The van der Waals surface area contributed by atoms with Gasteiger partial charge in [0.2, 0.25) is 5.91 Å². The summed E-state index contributed by atoms with van der Waals surface area (Å²) >= 11 is 0. The number of Topliss-reactive ketones (excluding diaryl/α,β-unsaturated/α-hetero) is 1. The van der Waals surface area contributed by atoms with Crippen LogP contribution in [0.1, 0.15) is 296 Å². The van der Waals surface area contributed by atoms with Crippen molar-refractivity contribution in [1.82, 2.24) is 5.32 Å². The molecule has 0 aliphatic carbocycles. The number of aliphatic hydroxyl groups is 1. The van der Waals surface area contributed by atoms with Crippen LogP contribution in [0.3, 0.4) is 0 Å². The summed E-state index contributed by atoms with van der Waals surface area (Å²) in [6, 6.07) is 0. The van der Waals surface area contributed by atoms with Crippen LogP contribution in [0.15, 0.2) is 24.3 Å². The Labute approximate surface area is 363 Å². The zero-order valence-corrected chi connectivity index (χ0v) is 39.5. The predicted octanol–water partition coefficient (Wildman–Crippen LogP) is 17.3. The lowest BCUT2D eigenvalue weighted by Crippen LogP contribution is -2.31. The van der Waals surface area contributed by atoms with Crippen molar-refractivity contribution in [2.45, 2.75) is 302 Å². The summed E-state index contributed by atoms with van der Waals surface area (Å²) in [6.07, 6.45) is 63.4. The molecule has 0 rings (SSSR count). The van der Waals surface area contributed by atoms with Crippen molar-refractivity contribution in [2.24, 2.45) is 0 Å². The van der Waals surface area contributed by atoms with Gasteiger partial charge in [0.25, 0.3) is 0 Å². The van der Waals surface area contributed by atoms with Gasteiger partial charge in [-0.25, -0.2) is 0 Å². The molecule has 0 spiro atoms. The van der Waals surface area contributed by atoms with Gasteiger partial charge in [-0.05, 0) is 57.8 Å². The number of ketones is 1. The van der Waals surface area contributed by atoms with Crippen LogP contribution >= 0.6 is 0 Å². The maximum absolute atomic E-state index is 12.2. The molecule has 0 saturated heterocycles. The van der Waals surface area contributed by atoms with Gasteiger partial charge in [-0.15, -0.1) is 0 Å². The minimum Gasteiger partial charge on any atom is -0.391 e. The number of amides is 1. The normalized spacial score (nSPS) is 12.3. The van der Waals surface area contributed by atoms with Crippen molar-refractivity contribution < 1.29 is 14.7 Å². The third kappa shape index (κ3) is 48.9. The number of carbonyl (C=O) groups excluding carboxylic acids is 2. The predicted molar refractivity (Wildman–Crippen MR) is 257 cm³/mol. The molecule has 1 atom stereocenters. The summed E-state index contributed by atoms with van der Waals surface area (Å²) in [7, 11) is 0.